The lowest BCUT2D eigenvalue weighted by Crippen LogP contribution is -2.35. The van der Waals surface area contributed by atoms with Crippen LogP contribution in [0.2, 0.25) is 0 Å². The molecule has 0 unspecified atom stereocenters. The third-order valence-electron chi connectivity index (χ3n) is 3.01. The summed E-state index contributed by atoms with van der Waals surface area (Å²) in [5.74, 6) is 0. The number of hydrogen-bond donors (Lipinski definition) is 1. The maximum Gasteiger partial charge on any atom is 0.407 e. The first-order chi connectivity index (χ1) is 5.98. The topological polar surface area (TPSA) is 43.8 Å². The molecule has 0 aromatic carbocycles. The van der Waals surface area contributed by atoms with Gasteiger partial charge in [-0.05, 0) is 33.4 Å². The Kier molecular flexibility index (Phi) is 2.81. The summed E-state index contributed by atoms with van der Waals surface area (Å²) in [6.45, 7) is 0.632. The van der Waals surface area contributed by atoms with Gasteiger partial charge in [-0.3, -0.25) is 0 Å². The van der Waals surface area contributed by atoms with Gasteiger partial charge in [-0.25, -0.2) is 4.79 Å². The Morgan fingerprint density at radius 1 is 1.38 bits per heavy atom. The van der Waals surface area contributed by atoms with E-state index in [1.54, 1.807) is 7.05 Å². The number of rotatable bonds is 4. The molecular formula is C9H18N2O2. The van der Waals surface area contributed by atoms with Crippen LogP contribution in [0.3, 0.4) is 0 Å². The molecule has 13 heavy (non-hydrogen) atoms. The number of hydrogen-bond acceptors (Lipinski definition) is 2. The Bertz CT molecular complexity index is 200. The average molecular weight is 186 g/mol. The Morgan fingerprint density at radius 2 is 1.92 bits per heavy atom. The van der Waals surface area contributed by atoms with E-state index in [0.29, 0.717) is 12.1 Å². The van der Waals surface area contributed by atoms with E-state index in [9.17, 15) is 4.79 Å². The van der Waals surface area contributed by atoms with Gasteiger partial charge in [0.1, 0.15) is 0 Å². The second-order valence-electron chi connectivity index (χ2n) is 4.07. The summed E-state index contributed by atoms with van der Waals surface area (Å²) in [6.07, 6.45) is 2.51. The van der Waals surface area contributed by atoms with E-state index < -0.39 is 6.09 Å². The first-order valence-corrected chi connectivity index (χ1v) is 4.59. The number of carbonyl (C=O) groups is 1. The quantitative estimate of drug-likeness (QED) is 0.714. The Labute approximate surface area is 79.1 Å². The molecule has 1 rings (SSSR count). The van der Waals surface area contributed by atoms with Crippen LogP contribution in [0.4, 0.5) is 4.79 Å². The van der Waals surface area contributed by atoms with Gasteiger partial charge in [-0.15, -0.1) is 0 Å². The summed E-state index contributed by atoms with van der Waals surface area (Å²) in [5, 5.41) is 8.65. The molecule has 0 radical (unpaired) electrons. The largest absolute Gasteiger partial charge is 0.465 e. The minimum absolute atomic E-state index is 0.295. The smallest absolute Gasteiger partial charge is 0.407 e. The minimum Gasteiger partial charge on any atom is -0.465 e. The fraction of sp³-hybridized carbons (Fsp3) is 0.889. The minimum atomic E-state index is -0.838. The lowest BCUT2D eigenvalue weighted by molar-refractivity contribution is 0.148. The molecule has 0 spiro atoms. The molecule has 1 amide bonds. The fourth-order valence-electron chi connectivity index (χ4n) is 1.54. The molecule has 0 aromatic heterocycles. The molecule has 4 heteroatoms. The molecule has 1 N–H and O–H groups in total. The molecule has 1 aliphatic carbocycles. The fourth-order valence-corrected chi connectivity index (χ4v) is 1.54. The van der Waals surface area contributed by atoms with Gasteiger partial charge in [0.25, 0.3) is 0 Å². The molecule has 0 atom stereocenters. The van der Waals surface area contributed by atoms with Gasteiger partial charge in [0, 0.05) is 19.1 Å². The van der Waals surface area contributed by atoms with Crippen molar-refractivity contribution in [2.45, 2.75) is 24.8 Å². The van der Waals surface area contributed by atoms with Crippen LogP contribution < -0.4 is 0 Å². The highest BCUT2D eigenvalue weighted by Crippen LogP contribution is 2.43. The van der Waals surface area contributed by atoms with Crippen LogP contribution in [0.1, 0.15) is 19.3 Å². The van der Waals surface area contributed by atoms with E-state index in [4.69, 9.17) is 5.11 Å². The molecule has 1 fully saturated rings. The van der Waals surface area contributed by atoms with Gasteiger partial charge >= 0.3 is 6.09 Å². The van der Waals surface area contributed by atoms with E-state index in [-0.39, 0.29) is 0 Å². The van der Waals surface area contributed by atoms with Crippen molar-refractivity contribution in [2.24, 2.45) is 0 Å². The maximum absolute atomic E-state index is 10.5. The predicted molar refractivity (Wildman–Crippen MR) is 50.9 cm³/mol. The van der Waals surface area contributed by atoms with Gasteiger partial charge in [0.05, 0.1) is 0 Å². The molecule has 0 aliphatic heterocycles. The summed E-state index contributed by atoms with van der Waals surface area (Å²) in [5.41, 5.74) is 0.295. The molecule has 0 heterocycles. The van der Waals surface area contributed by atoms with Gasteiger partial charge in [-0.2, -0.15) is 0 Å². The Morgan fingerprint density at radius 3 is 2.23 bits per heavy atom. The Balaban J connectivity index is 2.30. The second kappa shape index (κ2) is 3.54. The molecule has 1 aliphatic rings. The van der Waals surface area contributed by atoms with Crippen molar-refractivity contribution in [1.82, 2.24) is 9.80 Å². The van der Waals surface area contributed by atoms with Crippen molar-refractivity contribution in [3.8, 4) is 0 Å². The van der Waals surface area contributed by atoms with Crippen LogP contribution in [-0.2, 0) is 0 Å². The number of amides is 1. The summed E-state index contributed by atoms with van der Waals surface area (Å²) >= 11 is 0. The SMILES string of the molecule is CN(CCC1(N(C)C)CC1)C(=O)O. The van der Waals surface area contributed by atoms with E-state index in [0.717, 1.165) is 6.42 Å². The third-order valence-corrected chi connectivity index (χ3v) is 3.01. The zero-order valence-corrected chi connectivity index (χ0v) is 8.58. The Hall–Kier alpha value is -0.770. The normalized spacial score (nSPS) is 18.8. The predicted octanol–water partition coefficient (Wildman–Crippen LogP) is 1.08. The van der Waals surface area contributed by atoms with Crippen LogP contribution in [0.25, 0.3) is 0 Å². The number of nitrogens with zero attached hydrogens (tertiary/aromatic N) is 2. The van der Waals surface area contributed by atoms with E-state index >= 15 is 0 Å². The van der Waals surface area contributed by atoms with E-state index in [2.05, 4.69) is 19.0 Å². The van der Waals surface area contributed by atoms with Crippen molar-refractivity contribution < 1.29 is 9.90 Å². The van der Waals surface area contributed by atoms with Crippen molar-refractivity contribution >= 4 is 6.09 Å². The first kappa shape index (κ1) is 10.3. The summed E-state index contributed by atoms with van der Waals surface area (Å²) < 4.78 is 0. The highest BCUT2D eigenvalue weighted by molar-refractivity contribution is 5.64. The summed E-state index contributed by atoms with van der Waals surface area (Å²) in [6, 6.07) is 0. The summed E-state index contributed by atoms with van der Waals surface area (Å²) in [7, 11) is 5.75. The zero-order chi connectivity index (χ0) is 10.1. The molecule has 0 saturated heterocycles. The standard InChI is InChI=1S/C9H18N2O2/c1-10(2)9(4-5-9)6-7-11(3)8(12)13/h4-7H2,1-3H3,(H,12,13). The lowest BCUT2D eigenvalue weighted by Gasteiger charge is -2.25. The van der Waals surface area contributed by atoms with Crippen LogP contribution >= 0.6 is 0 Å². The van der Waals surface area contributed by atoms with Crippen molar-refractivity contribution in [1.29, 1.82) is 0 Å². The van der Waals surface area contributed by atoms with Gasteiger partial charge in [0.2, 0.25) is 0 Å². The van der Waals surface area contributed by atoms with Crippen LogP contribution in [-0.4, -0.2) is 54.2 Å². The highest BCUT2D eigenvalue weighted by atomic mass is 16.4. The van der Waals surface area contributed by atoms with Crippen LogP contribution in [0.15, 0.2) is 0 Å². The maximum atomic E-state index is 10.5. The van der Waals surface area contributed by atoms with Gasteiger partial charge < -0.3 is 14.9 Å². The van der Waals surface area contributed by atoms with Crippen molar-refractivity contribution in [3.63, 3.8) is 0 Å². The molecular weight excluding hydrogens is 168 g/mol. The van der Waals surface area contributed by atoms with Crippen LogP contribution in [0.5, 0.6) is 0 Å². The lowest BCUT2D eigenvalue weighted by atomic mass is 10.1. The van der Waals surface area contributed by atoms with Crippen LogP contribution in [0, 0.1) is 0 Å². The molecule has 0 bridgehead atoms. The number of carboxylic acid groups (broad SMARTS) is 1. The van der Waals surface area contributed by atoms with Gasteiger partial charge in [-0.1, -0.05) is 0 Å². The molecule has 1 saturated carbocycles. The summed E-state index contributed by atoms with van der Waals surface area (Å²) in [4.78, 5) is 14.1. The van der Waals surface area contributed by atoms with E-state index in [1.807, 2.05) is 0 Å². The van der Waals surface area contributed by atoms with Crippen molar-refractivity contribution in [3.05, 3.63) is 0 Å². The van der Waals surface area contributed by atoms with Gasteiger partial charge in [0.15, 0.2) is 0 Å². The van der Waals surface area contributed by atoms with Crippen molar-refractivity contribution in [2.75, 3.05) is 27.7 Å². The third kappa shape index (κ3) is 2.34. The zero-order valence-electron chi connectivity index (χ0n) is 8.58. The molecule has 4 nitrogen and oxygen atoms in total. The highest BCUT2D eigenvalue weighted by Gasteiger charge is 2.44. The molecule has 0 aromatic rings. The molecule has 76 valence electrons. The monoisotopic (exact) mass is 186 g/mol. The van der Waals surface area contributed by atoms with E-state index in [1.165, 1.54) is 17.7 Å². The second-order valence-corrected chi connectivity index (χ2v) is 4.07. The average Bonchev–Trinajstić information content (AvgIpc) is 2.80. The first-order valence-electron chi connectivity index (χ1n) is 4.59.